The van der Waals surface area contributed by atoms with Gasteiger partial charge in [0, 0.05) is 53.1 Å². The Kier molecular flexibility index (Phi) is 8.46. The maximum Gasteiger partial charge on any atom is 0.258 e. The van der Waals surface area contributed by atoms with E-state index in [0.717, 1.165) is 56.1 Å². The third-order valence-electron chi connectivity index (χ3n) is 7.71. The summed E-state index contributed by atoms with van der Waals surface area (Å²) in [4.78, 5) is 29.2. The number of hydrogen-bond acceptors (Lipinski definition) is 6. The molecule has 6 rings (SSSR count). The van der Waals surface area contributed by atoms with Gasteiger partial charge in [0.1, 0.15) is 0 Å². The zero-order valence-corrected chi connectivity index (χ0v) is 24.4. The topological polar surface area (TPSA) is 82.7 Å². The van der Waals surface area contributed by atoms with Crippen LogP contribution in [0.25, 0.3) is 11.3 Å². The predicted octanol–water partition coefficient (Wildman–Crippen LogP) is 6.39. The number of ether oxygens (including phenoxy) is 1. The summed E-state index contributed by atoms with van der Waals surface area (Å²) in [5.74, 6) is -0.371. The number of amides is 2. The summed E-state index contributed by atoms with van der Waals surface area (Å²) in [5.41, 5.74) is 7.21. The van der Waals surface area contributed by atoms with Crippen LogP contribution in [0.2, 0.25) is 0 Å². The lowest BCUT2D eigenvalue weighted by molar-refractivity contribution is -0.110. The monoisotopic (exact) mass is 578 g/mol. The molecule has 0 spiro atoms. The van der Waals surface area contributed by atoms with E-state index in [-0.39, 0.29) is 17.9 Å². The van der Waals surface area contributed by atoms with Crippen molar-refractivity contribution in [2.75, 3.05) is 36.9 Å². The molecule has 0 aliphatic carbocycles. The number of fused-ring (bicyclic) bond motifs is 1. The maximum atomic E-state index is 13.5. The molecule has 8 heteroatoms. The van der Waals surface area contributed by atoms with Gasteiger partial charge in [0.05, 0.1) is 30.5 Å². The fourth-order valence-electron chi connectivity index (χ4n) is 5.50. The normalized spacial score (nSPS) is 16.8. The van der Waals surface area contributed by atoms with Gasteiger partial charge in [0.25, 0.3) is 11.8 Å². The summed E-state index contributed by atoms with van der Waals surface area (Å²) in [5, 5.41) is 13.8. The van der Waals surface area contributed by atoms with Crippen molar-refractivity contribution in [2.45, 2.75) is 25.9 Å². The Morgan fingerprint density at radius 3 is 2.60 bits per heavy atom. The van der Waals surface area contributed by atoms with E-state index in [1.807, 2.05) is 71.4 Å². The van der Waals surface area contributed by atoms with Gasteiger partial charge >= 0.3 is 0 Å². The highest BCUT2D eigenvalue weighted by atomic mass is 32.1. The number of thiophene rings is 1. The number of hydrogen-bond donors (Lipinski definition) is 3. The van der Waals surface area contributed by atoms with Crippen molar-refractivity contribution in [2.24, 2.45) is 0 Å². The number of nitrogens with one attached hydrogen (secondary N) is 3. The minimum absolute atomic E-state index is 0.102. The molecule has 0 saturated carbocycles. The maximum absolute atomic E-state index is 13.5. The van der Waals surface area contributed by atoms with Crippen LogP contribution in [0.3, 0.4) is 0 Å². The molecule has 0 unspecified atom stereocenters. The number of anilines is 2. The molecule has 214 valence electrons. The fourth-order valence-corrected chi connectivity index (χ4v) is 6.15. The summed E-state index contributed by atoms with van der Waals surface area (Å²) in [7, 11) is 0. The first-order valence-electron chi connectivity index (χ1n) is 14.3. The van der Waals surface area contributed by atoms with Crippen LogP contribution in [0.4, 0.5) is 11.4 Å². The Morgan fingerprint density at radius 1 is 1.00 bits per heavy atom. The average Bonchev–Trinajstić information content (AvgIpc) is 3.67. The second-order valence-corrected chi connectivity index (χ2v) is 11.3. The van der Waals surface area contributed by atoms with Gasteiger partial charge in [0.15, 0.2) is 0 Å². The zero-order chi connectivity index (χ0) is 28.9. The van der Waals surface area contributed by atoms with Gasteiger partial charge in [-0.3, -0.25) is 14.5 Å². The molecule has 4 aromatic rings. The number of benzene rings is 3. The second kappa shape index (κ2) is 12.7. The first-order chi connectivity index (χ1) is 20.6. The third-order valence-corrected chi connectivity index (χ3v) is 8.39. The Labute approximate surface area is 250 Å². The van der Waals surface area contributed by atoms with Crippen LogP contribution in [0.15, 0.2) is 89.6 Å². The van der Waals surface area contributed by atoms with Crippen LogP contribution in [0.1, 0.15) is 52.0 Å². The summed E-state index contributed by atoms with van der Waals surface area (Å²) >= 11 is 1.57. The van der Waals surface area contributed by atoms with Crippen LogP contribution in [0, 0.1) is 0 Å². The molecule has 3 aromatic carbocycles. The number of carbonyl (C=O) groups excluding carboxylic acids is 2. The van der Waals surface area contributed by atoms with Gasteiger partial charge in [-0.1, -0.05) is 49.4 Å². The molecule has 1 saturated heterocycles. The summed E-state index contributed by atoms with van der Waals surface area (Å²) < 4.78 is 5.50. The predicted molar refractivity (Wildman–Crippen MR) is 169 cm³/mol. The molecular weight excluding hydrogens is 544 g/mol. The van der Waals surface area contributed by atoms with E-state index in [1.54, 1.807) is 17.4 Å². The molecule has 1 fully saturated rings. The molecule has 2 aliphatic heterocycles. The molecule has 1 atom stereocenters. The van der Waals surface area contributed by atoms with Gasteiger partial charge in [0.2, 0.25) is 0 Å². The fraction of sp³-hybridized carbons (Fsp3) is 0.235. The highest BCUT2D eigenvalue weighted by Crippen LogP contribution is 2.39. The second-order valence-electron chi connectivity index (χ2n) is 10.5. The number of morpholine rings is 1. The molecule has 0 radical (unpaired) electrons. The van der Waals surface area contributed by atoms with E-state index in [2.05, 4.69) is 39.9 Å². The molecule has 1 aromatic heterocycles. The smallest absolute Gasteiger partial charge is 0.258 e. The van der Waals surface area contributed by atoms with Gasteiger partial charge in [-0.15, -0.1) is 0 Å². The van der Waals surface area contributed by atoms with Crippen molar-refractivity contribution in [3.63, 3.8) is 0 Å². The molecule has 2 aliphatic rings. The van der Waals surface area contributed by atoms with E-state index < -0.39 is 0 Å². The van der Waals surface area contributed by atoms with Crippen LogP contribution < -0.4 is 16.0 Å². The minimum Gasteiger partial charge on any atom is -0.379 e. The van der Waals surface area contributed by atoms with Gasteiger partial charge in [-0.2, -0.15) is 11.3 Å². The van der Waals surface area contributed by atoms with Crippen LogP contribution in [0.5, 0.6) is 0 Å². The van der Waals surface area contributed by atoms with Crippen LogP contribution in [-0.4, -0.2) is 43.0 Å². The lowest BCUT2D eigenvalue weighted by atomic mass is 9.98. The first kappa shape index (κ1) is 27.9. The Bertz CT molecular complexity index is 1590. The summed E-state index contributed by atoms with van der Waals surface area (Å²) in [6, 6.07) is 25.6. The van der Waals surface area contributed by atoms with Crippen molar-refractivity contribution in [1.82, 2.24) is 10.2 Å². The van der Waals surface area contributed by atoms with Crippen molar-refractivity contribution >= 4 is 45.8 Å². The van der Waals surface area contributed by atoms with Crippen molar-refractivity contribution in [3.05, 3.63) is 117 Å². The van der Waals surface area contributed by atoms with Crippen LogP contribution in [-0.2, 0) is 16.1 Å². The largest absolute Gasteiger partial charge is 0.379 e. The van der Waals surface area contributed by atoms with E-state index in [1.165, 1.54) is 5.56 Å². The Hall–Kier alpha value is -4.24. The van der Waals surface area contributed by atoms with Gasteiger partial charge in [-0.25, -0.2) is 0 Å². The number of rotatable bonds is 9. The Morgan fingerprint density at radius 2 is 1.83 bits per heavy atom. The average molecular weight is 579 g/mol. The molecule has 7 nitrogen and oxygen atoms in total. The molecular formula is C34H34N4O3S. The molecule has 3 N–H and O–H groups in total. The van der Waals surface area contributed by atoms with E-state index in [4.69, 9.17) is 4.74 Å². The van der Waals surface area contributed by atoms with Crippen molar-refractivity contribution < 1.29 is 14.3 Å². The quantitative estimate of drug-likeness (QED) is 0.201. The zero-order valence-electron chi connectivity index (χ0n) is 23.6. The van der Waals surface area contributed by atoms with Crippen molar-refractivity contribution in [1.29, 1.82) is 0 Å². The number of carbonyl (C=O) groups is 2. The summed E-state index contributed by atoms with van der Waals surface area (Å²) in [6.45, 7) is 6.24. The highest BCUT2D eigenvalue weighted by Gasteiger charge is 2.30. The molecule has 3 heterocycles. The SMILES string of the molecule is CC[C@@H](NC(=O)c1ccc2c(c1)C(=C(Nc1cccc(CN3CCOCC3)c1)c1ccsc1)C(=O)N2)c1ccccc1. The van der Waals surface area contributed by atoms with E-state index >= 15 is 0 Å². The van der Waals surface area contributed by atoms with Crippen molar-refractivity contribution in [3.8, 4) is 0 Å². The summed E-state index contributed by atoms with van der Waals surface area (Å²) in [6.07, 6.45) is 0.767. The molecule has 2 amide bonds. The number of nitrogens with zero attached hydrogens (tertiary/aromatic N) is 1. The Balaban J connectivity index is 1.32. The molecule has 42 heavy (non-hydrogen) atoms. The molecule has 0 bridgehead atoms. The first-order valence-corrected chi connectivity index (χ1v) is 15.3. The lowest BCUT2D eigenvalue weighted by Gasteiger charge is -2.26. The van der Waals surface area contributed by atoms with Gasteiger partial charge in [-0.05, 0) is 59.3 Å². The standard InChI is InChI=1S/C34H34N4O3S/c1-2-29(24-8-4-3-5-9-24)36-33(39)25-11-12-30-28(20-25)31(34(40)37-30)32(26-13-18-42-22-26)35-27-10-6-7-23(19-27)21-38-14-16-41-17-15-38/h3-13,18-20,22,29,35H,2,14-17,21H2,1H3,(H,36,39)(H,37,40)/t29-/m1/s1. The van der Waals surface area contributed by atoms with E-state index in [0.29, 0.717) is 28.1 Å². The minimum atomic E-state index is -0.198. The highest BCUT2D eigenvalue weighted by molar-refractivity contribution is 7.08. The third kappa shape index (κ3) is 6.16. The van der Waals surface area contributed by atoms with Gasteiger partial charge < -0.3 is 20.7 Å². The van der Waals surface area contributed by atoms with E-state index in [9.17, 15) is 9.59 Å². The lowest BCUT2D eigenvalue weighted by Crippen LogP contribution is -2.35. The van der Waals surface area contributed by atoms with Crippen LogP contribution >= 0.6 is 11.3 Å².